The first kappa shape index (κ1) is 20.7. The Morgan fingerprint density at radius 2 is 2.06 bits per heavy atom. The van der Waals surface area contributed by atoms with Crippen molar-refractivity contribution in [2.75, 3.05) is 26.8 Å². The summed E-state index contributed by atoms with van der Waals surface area (Å²) >= 11 is 0. The second-order valence-electron chi connectivity index (χ2n) is 7.75. The molecule has 2 bridgehead atoms. The van der Waals surface area contributed by atoms with E-state index < -0.39 is 0 Å². The van der Waals surface area contributed by atoms with Crippen molar-refractivity contribution in [2.45, 2.75) is 6.92 Å². The molecule has 168 valence electrons. The molecule has 1 N–H and O–H groups in total. The monoisotopic (exact) mass is 444 g/mol. The zero-order valence-electron chi connectivity index (χ0n) is 18.7. The molecule has 0 unspecified atom stereocenters. The van der Waals surface area contributed by atoms with Crippen molar-refractivity contribution in [3.05, 3.63) is 53.5 Å². The fourth-order valence-corrected chi connectivity index (χ4v) is 3.89. The van der Waals surface area contributed by atoms with E-state index in [1.807, 2.05) is 49.4 Å². The normalized spacial score (nSPS) is 14.9. The minimum atomic E-state index is -0.211. The Hall–Kier alpha value is -4.14. The number of para-hydroxylation sites is 1. The molecule has 1 aliphatic rings. The van der Waals surface area contributed by atoms with Crippen LogP contribution in [0.15, 0.2) is 36.5 Å². The third kappa shape index (κ3) is 3.71. The summed E-state index contributed by atoms with van der Waals surface area (Å²) in [6, 6.07) is 9.74. The number of nitrogens with one attached hydrogen (secondary N) is 1. The molecule has 0 spiro atoms. The van der Waals surface area contributed by atoms with E-state index >= 15 is 0 Å². The number of hydrogen-bond donors (Lipinski definition) is 1. The minimum Gasteiger partial charge on any atom is -0.491 e. The quantitative estimate of drug-likeness (QED) is 0.509. The van der Waals surface area contributed by atoms with Crippen LogP contribution in [0.2, 0.25) is 0 Å². The summed E-state index contributed by atoms with van der Waals surface area (Å²) < 4.78 is 13.5. The number of aromatic nitrogens is 5. The predicted molar refractivity (Wildman–Crippen MR) is 125 cm³/mol. The Morgan fingerprint density at radius 1 is 1.21 bits per heavy atom. The molecule has 9 nitrogen and oxygen atoms in total. The fraction of sp³-hybridized carbons (Fsp3) is 0.250. The van der Waals surface area contributed by atoms with E-state index in [-0.39, 0.29) is 5.91 Å². The molecular formula is C24H24N6O3. The molecule has 0 atom stereocenters. The van der Waals surface area contributed by atoms with Crippen molar-refractivity contribution in [1.29, 1.82) is 0 Å². The van der Waals surface area contributed by atoms with E-state index in [0.717, 1.165) is 27.9 Å². The molecule has 0 saturated heterocycles. The highest BCUT2D eigenvalue weighted by molar-refractivity contribution is 5.99. The number of aryl methyl sites for hydroxylation is 1. The van der Waals surface area contributed by atoms with E-state index in [4.69, 9.17) is 9.47 Å². The average Bonchev–Trinajstić information content (AvgIpc) is 3.37. The number of benzene rings is 1. The van der Waals surface area contributed by atoms with Gasteiger partial charge in [0, 0.05) is 25.0 Å². The van der Waals surface area contributed by atoms with E-state index in [1.54, 1.807) is 29.9 Å². The van der Waals surface area contributed by atoms with Gasteiger partial charge in [-0.05, 0) is 37.3 Å². The molecule has 5 rings (SSSR count). The second kappa shape index (κ2) is 8.42. The van der Waals surface area contributed by atoms with Crippen LogP contribution < -0.4 is 9.47 Å². The largest absolute Gasteiger partial charge is 0.491 e. The number of carbonyl (C=O) groups is 1. The summed E-state index contributed by atoms with van der Waals surface area (Å²) in [6.45, 7) is 3.07. The highest BCUT2D eigenvalue weighted by atomic mass is 16.5. The van der Waals surface area contributed by atoms with Gasteiger partial charge in [-0.2, -0.15) is 10.2 Å². The standard InChI is InChI=1S/C24H24N6O3/c1-4-32-24-16-9-10-18-17-13-19(25-14-20(17)27-26-18)15-7-5-6-8-21(15)33-12-11-29(2)23(31)22(16)28-30(24)3/h5-10,13-14H,4,11-12H2,1-3H3,(H,26,27)/b10-9+. The van der Waals surface area contributed by atoms with Crippen molar-refractivity contribution >= 4 is 29.0 Å². The van der Waals surface area contributed by atoms with Crippen LogP contribution in [-0.2, 0) is 7.05 Å². The number of fused-ring (bicyclic) bond motifs is 4. The predicted octanol–water partition coefficient (Wildman–Crippen LogP) is 3.39. The van der Waals surface area contributed by atoms with Gasteiger partial charge in [0.05, 0.1) is 41.8 Å². The number of rotatable bonds is 2. The van der Waals surface area contributed by atoms with Gasteiger partial charge in [-0.25, -0.2) is 4.68 Å². The summed E-state index contributed by atoms with van der Waals surface area (Å²) in [7, 11) is 3.50. The van der Waals surface area contributed by atoms with Gasteiger partial charge >= 0.3 is 0 Å². The van der Waals surface area contributed by atoms with Gasteiger partial charge in [0.15, 0.2) is 5.69 Å². The first-order valence-corrected chi connectivity index (χ1v) is 10.8. The number of aromatic amines is 1. The maximum Gasteiger partial charge on any atom is 0.274 e. The molecule has 33 heavy (non-hydrogen) atoms. The Bertz CT molecular complexity index is 1370. The van der Waals surface area contributed by atoms with Gasteiger partial charge < -0.3 is 14.4 Å². The number of amides is 1. The van der Waals surface area contributed by atoms with Crippen LogP contribution in [-0.4, -0.2) is 62.6 Å². The molecule has 0 fully saturated rings. The molecule has 3 aromatic heterocycles. The van der Waals surface area contributed by atoms with Crippen molar-refractivity contribution < 1.29 is 14.3 Å². The SMILES string of the molecule is CCOc1c2c(nn1C)C(=O)N(C)CCOc1ccccc1-c1cc3c(n[nH]c3cn1)/C=C/2. The maximum absolute atomic E-state index is 13.3. The molecule has 0 aliphatic carbocycles. The van der Waals surface area contributed by atoms with Gasteiger partial charge in [-0.15, -0.1) is 0 Å². The summed E-state index contributed by atoms with van der Waals surface area (Å²) in [5.41, 5.74) is 4.13. The molecule has 1 aromatic carbocycles. The number of ether oxygens (including phenoxy) is 2. The molecule has 4 heterocycles. The highest BCUT2D eigenvalue weighted by Gasteiger charge is 2.24. The number of carbonyl (C=O) groups excluding carboxylic acids is 1. The van der Waals surface area contributed by atoms with Crippen molar-refractivity contribution in [3.8, 4) is 22.9 Å². The number of H-pyrrole nitrogens is 1. The smallest absolute Gasteiger partial charge is 0.274 e. The van der Waals surface area contributed by atoms with Crippen LogP contribution in [0.4, 0.5) is 0 Å². The van der Waals surface area contributed by atoms with Crippen LogP contribution >= 0.6 is 0 Å². The molecular weight excluding hydrogens is 420 g/mol. The first-order valence-electron chi connectivity index (χ1n) is 10.8. The minimum absolute atomic E-state index is 0.211. The molecule has 1 amide bonds. The second-order valence-corrected chi connectivity index (χ2v) is 7.75. The molecule has 9 heteroatoms. The molecule has 0 saturated carbocycles. The van der Waals surface area contributed by atoms with Crippen LogP contribution in [0.5, 0.6) is 11.6 Å². The van der Waals surface area contributed by atoms with Gasteiger partial charge in [0.2, 0.25) is 5.88 Å². The van der Waals surface area contributed by atoms with Gasteiger partial charge in [0.1, 0.15) is 12.4 Å². The first-order chi connectivity index (χ1) is 16.1. The third-order valence-electron chi connectivity index (χ3n) is 5.59. The van der Waals surface area contributed by atoms with Crippen molar-refractivity contribution in [3.63, 3.8) is 0 Å². The molecule has 0 radical (unpaired) electrons. The van der Waals surface area contributed by atoms with E-state index in [1.165, 1.54) is 0 Å². The maximum atomic E-state index is 13.3. The number of hydrogen-bond acceptors (Lipinski definition) is 6. The Kier molecular flexibility index (Phi) is 5.29. The number of pyridine rings is 1. The zero-order valence-corrected chi connectivity index (χ0v) is 18.7. The number of likely N-dealkylation sites (N-methyl/N-ethyl adjacent to an activating group) is 1. The lowest BCUT2D eigenvalue weighted by atomic mass is 10.1. The van der Waals surface area contributed by atoms with Gasteiger partial charge in [0.25, 0.3) is 5.91 Å². The summed E-state index contributed by atoms with van der Waals surface area (Å²) in [5, 5.41) is 12.8. The van der Waals surface area contributed by atoms with E-state index in [9.17, 15) is 4.79 Å². The lowest BCUT2D eigenvalue weighted by Gasteiger charge is -2.17. The van der Waals surface area contributed by atoms with Crippen molar-refractivity contribution in [2.24, 2.45) is 7.05 Å². The van der Waals surface area contributed by atoms with Crippen LogP contribution in [0.1, 0.15) is 28.7 Å². The lowest BCUT2D eigenvalue weighted by Crippen LogP contribution is -2.31. The third-order valence-corrected chi connectivity index (χ3v) is 5.59. The molecule has 4 aromatic rings. The summed E-state index contributed by atoms with van der Waals surface area (Å²) in [4.78, 5) is 19.5. The number of nitrogens with zero attached hydrogens (tertiary/aromatic N) is 5. The Labute approximate surface area is 190 Å². The van der Waals surface area contributed by atoms with Crippen LogP contribution in [0.25, 0.3) is 34.3 Å². The Morgan fingerprint density at radius 3 is 2.91 bits per heavy atom. The summed E-state index contributed by atoms with van der Waals surface area (Å²) in [5.74, 6) is 1.02. The van der Waals surface area contributed by atoms with Gasteiger partial charge in [-0.1, -0.05) is 12.1 Å². The zero-order chi connectivity index (χ0) is 22.9. The fourth-order valence-electron chi connectivity index (χ4n) is 3.89. The van der Waals surface area contributed by atoms with Crippen LogP contribution in [0, 0.1) is 0 Å². The summed E-state index contributed by atoms with van der Waals surface area (Å²) in [6.07, 6.45) is 5.46. The van der Waals surface area contributed by atoms with E-state index in [0.29, 0.717) is 42.6 Å². The van der Waals surface area contributed by atoms with Crippen molar-refractivity contribution in [1.82, 2.24) is 29.9 Å². The van der Waals surface area contributed by atoms with Crippen LogP contribution in [0.3, 0.4) is 0 Å². The topological polar surface area (TPSA) is 98.2 Å². The molecule has 1 aliphatic heterocycles. The van der Waals surface area contributed by atoms with E-state index in [2.05, 4.69) is 20.3 Å². The average molecular weight is 444 g/mol. The van der Waals surface area contributed by atoms with Gasteiger partial charge in [-0.3, -0.25) is 14.9 Å². The Balaban J connectivity index is 1.70. The highest BCUT2D eigenvalue weighted by Crippen LogP contribution is 2.32. The lowest BCUT2D eigenvalue weighted by molar-refractivity contribution is 0.0767.